The Kier molecular flexibility index (Phi) is 5.18. The van der Waals surface area contributed by atoms with E-state index in [4.69, 9.17) is 16.3 Å². The number of carbonyl (C=O) groups excluding carboxylic acids is 1. The highest BCUT2D eigenvalue weighted by Gasteiger charge is 2.04. The van der Waals surface area contributed by atoms with Crippen LogP contribution in [0.4, 0.5) is 5.69 Å². The summed E-state index contributed by atoms with van der Waals surface area (Å²) >= 11 is 5.95. The van der Waals surface area contributed by atoms with Gasteiger partial charge in [-0.15, -0.1) is 0 Å². The second-order valence-electron chi connectivity index (χ2n) is 4.36. The lowest BCUT2D eigenvalue weighted by molar-refractivity contribution is -0.143. The third kappa shape index (κ3) is 3.84. The highest BCUT2D eigenvalue weighted by atomic mass is 35.5. The van der Waals surface area contributed by atoms with Crippen molar-refractivity contribution in [2.75, 3.05) is 18.5 Å². The molecule has 0 saturated carbocycles. The van der Waals surface area contributed by atoms with Crippen molar-refractivity contribution in [1.29, 1.82) is 0 Å². The summed E-state index contributed by atoms with van der Waals surface area (Å²) in [4.78, 5) is 15.5. The van der Waals surface area contributed by atoms with E-state index in [1.807, 2.05) is 31.2 Å². The first kappa shape index (κ1) is 14.6. The first-order valence-electron chi connectivity index (χ1n) is 6.64. The maximum absolute atomic E-state index is 11.2. The minimum absolute atomic E-state index is 0.152. The van der Waals surface area contributed by atoms with Crippen molar-refractivity contribution in [1.82, 2.24) is 4.98 Å². The molecule has 1 N–H and O–H groups in total. The predicted octanol–water partition coefficient (Wildman–Crippen LogP) is 3.64. The molecule has 1 aromatic heterocycles. The summed E-state index contributed by atoms with van der Waals surface area (Å²) in [5.41, 5.74) is 1.85. The molecule has 1 aromatic carbocycles. The molecular weight excluding hydrogens is 276 g/mol. The highest BCUT2D eigenvalue weighted by Crippen LogP contribution is 2.24. The number of nitrogens with zero attached hydrogens (tertiary/aromatic N) is 1. The van der Waals surface area contributed by atoms with Crippen molar-refractivity contribution < 1.29 is 9.53 Å². The molecule has 0 aliphatic heterocycles. The number of pyridine rings is 1. The molecule has 0 spiro atoms. The summed E-state index contributed by atoms with van der Waals surface area (Å²) in [6, 6.07) is 7.54. The van der Waals surface area contributed by atoms with Crippen LogP contribution in [0.1, 0.15) is 19.8 Å². The molecule has 1 heterocycles. The van der Waals surface area contributed by atoms with Crippen LogP contribution in [0.15, 0.2) is 30.5 Å². The van der Waals surface area contributed by atoms with Gasteiger partial charge < -0.3 is 10.1 Å². The van der Waals surface area contributed by atoms with E-state index in [0.29, 0.717) is 24.6 Å². The Morgan fingerprint density at radius 3 is 3.05 bits per heavy atom. The summed E-state index contributed by atoms with van der Waals surface area (Å²) in [7, 11) is 0. The van der Waals surface area contributed by atoms with Crippen molar-refractivity contribution in [3.05, 3.63) is 35.5 Å². The SMILES string of the molecule is CCOC(=O)CCCNc1ccnc2cc(Cl)ccc12. The van der Waals surface area contributed by atoms with Crippen LogP contribution in [0.2, 0.25) is 5.02 Å². The lowest BCUT2D eigenvalue weighted by atomic mass is 10.2. The van der Waals surface area contributed by atoms with E-state index in [2.05, 4.69) is 10.3 Å². The summed E-state index contributed by atoms with van der Waals surface area (Å²) in [5, 5.41) is 5.01. The fourth-order valence-corrected chi connectivity index (χ4v) is 2.13. The van der Waals surface area contributed by atoms with Gasteiger partial charge in [0.2, 0.25) is 0 Å². The molecule has 0 bridgehead atoms. The van der Waals surface area contributed by atoms with Gasteiger partial charge in [0.1, 0.15) is 0 Å². The second kappa shape index (κ2) is 7.10. The molecule has 106 valence electrons. The maximum Gasteiger partial charge on any atom is 0.305 e. The minimum atomic E-state index is -0.152. The topological polar surface area (TPSA) is 51.2 Å². The zero-order chi connectivity index (χ0) is 14.4. The molecule has 0 aliphatic carbocycles. The number of ether oxygens (including phenoxy) is 1. The maximum atomic E-state index is 11.2. The molecule has 0 unspecified atom stereocenters. The van der Waals surface area contributed by atoms with Gasteiger partial charge in [-0.1, -0.05) is 11.6 Å². The van der Waals surface area contributed by atoms with Gasteiger partial charge >= 0.3 is 5.97 Å². The average Bonchev–Trinajstić information content (AvgIpc) is 2.43. The molecule has 4 nitrogen and oxygen atoms in total. The van der Waals surface area contributed by atoms with E-state index < -0.39 is 0 Å². The van der Waals surface area contributed by atoms with E-state index >= 15 is 0 Å². The van der Waals surface area contributed by atoms with Crippen molar-refractivity contribution in [2.24, 2.45) is 0 Å². The van der Waals surface area contributed by atoms with Gasteiger partial charge in [0.05, 0.1) is 12.1 Å². The van der Waals surface area contributed by atoms with Gasteiger partial charge in [0.15, 0.2) is 0 Å². The number of hydrogen-bond acceptors (Lipinski definition) is 4. The number of aromatic nitrogens is 1. The van der Waals surface area contributed by atoms with Gasteiger partial charge in [-0.3, -0.25) is 9.78 Å². The molecule has 20 heavy (non-hydrogen) atoms. The minimum Gasteiger partial charge on any atom is -0.466 e. The Bertz CT molecular complexity index is 601. The van der Waals surface area contributed by atoms with E-state index in [1.165, 1.54) is 0 Å². The molecule has 5 heteroatoms. The lowest BCUT2D eigenvalue weighted by Crippen LogP contribution is -2.08. The van der Waals surface area contributed by atoms with Gasteiger partial charge in [-0.05, 0) is 37.6 Å². The Morgan fingerprint density at radius 1 is 1.40 bits per heavy atom. The van der Waals surface area contributed by atoms with Gasteiger partial charge in [-0.25, -0.2) is 0 Å². The molecule has 2 rings (SSSR count). The van der Waals surface area contributed by atoms with Crippen molar-refractivity contribution in [3.8, 4) is 0 Å². The zero-order valence-electron chi connectivity index (χ0n) is 11.4. The first-order valence-corrected chi connectivity index (χ1v) is 7.02. The van der Waals surface area contributed by atoms with Crippen LogP contribution >= 0.6 is 11.6 Å². The lowest BCUT2D eigenvalue weighted by Gasteiger charge is -2.09. The van der Waals surface area contributed by atoms with Crippen LogP contribution < -0.4 is 5.32 Å². The largest absolute Gasteiger partial charge is 0.466 e. The standard InChI is InChI=1S/C15H17ClN2O2/c1-2-20-15(19)4-3-8-17-13-7-9-18-14-10-11(16)5-6-12(13)14/h5-7,9-10H,2-4,8H2,1H3,(H,17,18). The van der Waals surface area contributed by atoms with Crippen molar-refractivity contribution in [3.63, 3.8) is 0 Å². The fourth-order valence-electron chi connectivity index (χ4n) is 1.96. The van der Waals surface area contributed by atoms with Crippen LogP contribution in [0, 0.1) is 0 Å². The first-order chi connectivity index (χ1) is 9.70. The predicted molar refractivity (Wildman–Crippen MR) is 81.1 cm³/mol. The number of anilines is 1. The summed E-state index contributed by atoms with van der Waals surface area (Å²) < 4.78 is 4.89. The number of benzene rings is 1. The van der Waals surface area contributed by atoms with Crippen molar-refractivity contribution in [2.45, 2.75) is 19.8 Å². The van der Waals surface area contributed by atoms with Crippen molar-refractivity contribution >= 4 is 34.2 Å². The molecule has 0 fully saturated rings. The van der Waals surface area contributed by atoms with Crippen LogP contribution in [0.5, 0.6) is 0 Å². The third-order valence-electron chi connectivity index (χ3n) is 2.88. The van der Waals surface area contributed by atoms with E-state index in [1.54, 1.807) is 6.20 Å². The zero-order valence-corrected chi connectivity index (χ0v) is 12.1. The molecule has 0 atom stereocenters. The number of fused-ring (bicyclic) bond motifs is 1. The number of hydrogen-bond donors (Lipinski definition) is 1. The van der Waals surface area contributed by atoms with Gasteiger partial charge in [0.25, 0.3) is 0 Å². The number of halogens is 1. The summed E-state index contributed by atoms with van der Waals surface area (Å²) in [6.07, 6.45) is 2.90. The quantitative estimate of drug-likeness (QED) is 0.652. The normalized spacial score (nSPS) is 10.5. The molecule has 0 aliphatic rings. The smallest absolute Gasteiger partial charge is 0.305 e. The summed E-state index contributed by atoms with van der Waals surface area (Å²) in [5.74, 6) is -0.152. The van der Waals surface area contributed by atoms with Crippen LogP contribution in [-0.2, 0) is 9.53 Å². The molecule has 0 saturated heterocycles. The Labute approximate surface area is 123 Å². The van der Waals surface area contributed by atoms with Crippen LogP contribution in [-0.4, -0.2) is 24.1 Å². The monoisotopic (exact) mass is 292 g/mol. The second-order valence-corrected chi connectivity index (χ2v) is 4.79. The number of esters is 1. The van der Waals surface area contributed by atoms with Gasteiger partial charge in [-0.2, -0.15) is 0 Å². The van der Waals surface area contributed by atoms with Crippen LogP contribution in [0.3, 0.4) is 0 Å². The number of rotatable bonds is 6. The average molecular weight is 293 g/mol. The number of carbonyl (C=O) groups is 1. The Hall–Kier alpha value is -1.81. The fraction of sp³-hybridized carbons (Fsp3) is 0.333. The molecular formula is C15H17ClN2O2. The van der Waals surface area contributed by atoms with E-state index in [-0.39, 0.29) is 5.97 Å². The van der Waals surface area contributed by atoms with E-state index in [9.17, 15) is 4.79 Å². The molecule has 0 radical (unpaired) electrons. The van der Waals surface area contributed by atoms with Crippen LogP contribution in [0.25, 0.3) is 10.9 Å². The molecule has 0 amide bonds. The third-order valence-corrected chi connectivity index (χ3v) is 3.12. The molecule has 2 aromatic rings. The highest BCUT2D eigenvalue weighted by molar-refractivity contribution is 6.31. The number of nitrogens with one attached hydrogen (secondary N) is 1. The van der Waals surface area contributed by atoms with E-state index in [0.717, 1.165) is 23.0 Å². The Balaban J connectivity index is 1.95. The van der Waals surface area contributed by atoms with Gasteiger partial charge in [0, 0.05) is 35.3 Å². The summed E-state index contributed by atoms with van der Waals surface area (Å²) in [6.45, 7) is 2.95. The Morgan fingerprint density at radius 2 is 2.25 bits per heavy atom.